The number of nitriles is 1. The summed E-state index contributed by atoms with van der Waals surface area (Å²) in [5.41, 5.74) is 4.39. The van der Waals surface area contributed by atoms with Crippen LogP contribution in [0.15, 0.2) is 66.7 Å². The van der Waals surface area contributed by atoms with Crippen LogP contribution < -0.4 is 10.2 Å². The van der Waals surface area contributed by atoms with Crippen LogP contribution in [0.3, 0.4) is 0 Å². The second-order valence-corrected chi connectivity index (χ2v) is 7.87. The molecule has 0 spiro atoms. The average Bonchev–Trinajstić information content (AvgIpc) is 2.80. The number of hydrogen-bond acceptors (Lipinski definition) is 3. The topological polar surface area (TPSA) is 56.1 Å². The van der Waals surface area contributed by atoms with E-state index in [9.17, 15) is 14.4 Å². The Labute approximate surface area is 181 Å². The van der Waals surface area contributed by atoms with Crippen molar-refractivity contribution in [2.75, 3.05) is 16.8 Å². The third kappa shape index (κ3) is 4.44. The van der Waals surface area contributed by atoms with Gasteiger partial charge in [-0.2, -0.15) is 5.26 Å². The van der Waals surface area contributed by atoms with Crippen molar-refractivity contribution in [3.8, 4) is 17.2 Å². The molecule has 156 valence electrons. The number of carbonyl (C=O) groups excluding carboxylic acids is 1. The lowest BCUT2D eigenvalue weighted by Gasteiger charge is -2.36. The zero-order valence-corrected chi connectivity index (χ0v) is 17.4. The van der Waals surface area contributed by atoms with E-state index in [2.05, 4.69) is 11.4 Å². The summed E-state index contributed by atoms with van der Waals surface area (Å²) in [6, 6.07) is 21.7. The maximum Gasteiger partial charge on any atom is 0.247 e. The van der Waals surface area contributed by atoms with E-state index in [0.29, 0.717) is 12.0 Å². The lowest BCUT2D eigenvalue weighted by molar-refractivity contribution is -0.117. The molecule has 0 aliphatic carbocycles. The van der Waals surface area contributed by atoms with Crippen molar-refractivity contribution in [3.05, 3.63) is 83.7 Å². The standard InChI is InChI=1S/C26H24FN3O/c1-18-7-2-3-10-22(18)20-12-13-24(23(27)16-20)29-26(31)25-11-4-5-14-30(25)21-9-6-8-19(15-21)17-28/h2-3,6-10,12-13,15-16,25H,4-5,11,14H2,1H3,(H,29,31). The second-order valence-electron chi connectivity index (χ2n) is 7.87. The molecule has 0 radical (unpaired) electrons. The third-order valence-corrected chi connectivity index (χ3v) is 5.80. The van der Waals surface area contributed by atoms with Gasteiger partial charge in [0.2, 0.25) is 5.91 Å². The van der Waals surface area contributed by atoms with Crippen LogP contribution in [0.25, 0.3) is 11.1 Å². The molecule has 31 heavy (non-hydrogen) atoms. The largest absolute Gasteiger partial charge is 0.359 e. The molecule has 1 unspecified atom stereocenters. The molecule has 1 aliphatic rings. The monoisotopic (exact) mass is 413 g/mol. The molecule has 5 heteroatoms. The molecule has 3 aromatic rings. The van der Waals surface area contributed by atoms with E-state index in [1.807, 2.05) is 54.3 Å². The van der Waals surface area contributed by atoms with Crippen molar-refractivity contribution in [1.82, 2.24) is 0 Å². The minimum Gasteiger partial charge on any atom is -0.359 e. The van der Waals surface area contributed by atoms with E-state index in [1.165, 1.54) is 6.07 Å². The molecule has 4 rings (SSSR count). The van der Waals surface area contributed by atoms with Crippen LogP contribution in [0.1, 0.15) is 30.4 Å². The Morgan fingerprint density at radius 1 is 1.10 bits per heavy atom. The highest BCUT2D eigenvalue weighted by molar-refractivity contribution is 5.97. The highest BCUT2D eigenvalue weighted by atomic mass is 19.1. The van der Waals surface area contributed by atoms with E-state index in [1.54, 1.807) is 18.2 Å². The fourth-order valence-corrected chi connectivity index (χ4v) is 4.16. The van der Waals surface area contributed by atoms with Gasteiger partial charge in [-0.15, -0.1) is 0 Å². The SMILES string of the molecule is Cc1ccccc1-c1ccc(NC(=O)C2CCCCN2c2cccc(C#N)c2)c(F)c1. The minimum absolute atomic E-state index is 0.179. The number of amides is 1. The van der Waals surface area contributed by atoms with Crippen molar-refractivity contribution >= 4 is 17.3 Å². The summed E-state index contributed by atoms with van der Waals surface area (Å²) < 4.78 is 14.8. The highest BCUT2D eigenvalue weighted by Gasteiger charge is 2.29. The molecule has 1 atom stereocenters. The predicted molar refractivity (Wildman–Crippen MR) is 121 cm³/mol. The van der Waals surface area contributed by atoms with Gasteiger partial charge in [0, 0.05) is 12.2 Å². The number of halogens is 1. The molecule has 1 aliphatic heterocycles. The average molecular weight is 413 g/mol. The van der Waals surface area contributed by atoms with E-state index in [4.69, 9.17) is 0 Å². The molecule has 1 fully saturated rings. The minimum atomic E-state index is -0.456. The van der Waals surface area contributed by atoms with Crippen LogP contribution in [0.5, 0.6) is 0 Å². The summed E-state index contributed by atoms with van der Waals surface area (Å²) in [5, 5.41) is 12.0. The fraction of sp³-hybridized carbons (Fsp3) is 0.231. The van der Waals surface area contributed by atoms with E-state index in [-0.39, 0.29) is 11.6 Å². The Balaban J connectivity index is 1.55. The van der Waals surface area contributed by atoms with Gasteiger partial charge in [0.1, 0.15) is 11.9 Å². The van der Waals surface area contributed by atoms with Crippen LogP contribution in [-0.2, 0) is 4.79 Å². The first-order chi connectivity index (χ1) is 15.1. The van der Waals surface area contributed by atoms with Gasteiger partial charge in [0.05, 0.1) is 17.3 Å². The quantitative estimate of drug-likeness (QED) is 0.599. The zero-order chi connectivity index (χ0) is 21.8. The number of aryl methyl sites for hydroxylation is 1. The summed E-state index contributed by atoms with van der Waals surface area (Å²) in [7, 11) is 0. The summed E-state index contributed by atoms with van der Waals surface area (Å²) in [5.74, 6) is -0.687. The molecule has 1 amide bonds. The Morgan fingerprint density at radius 2 is 1.94 bits per heavy atom. The number of hydrogen-bond donors (Lipinski definition) is 1. The van der Waals surface area contributed by atoms with Gasteiger partial charge in [0.25, 0.3) is 0 Å². The first-order valence-corrected chi connectivity index (χ1v) is 10.5. The zero-order valence-electron chi connectivity index (χ0n) is 17.4. The van der Waals surface area contributed by atoms with Crippen molar-refractivity contribution < 1.29 is 9.18 Å². The Morgan fingerprint density at radius 3 is 2.71 bits per heavy atom. The van der Waals surface area contributed by atoms with Gasteiger partial charge >= 0.3 is 0 Å². The van der Waals surface area contributed by atoms with Crippen LogP contribution in [0.2, 0.25) is 0 Å². The van der Waals surface area contributed by atoms with E-state index in [0.717, 1.165) is 41.8 Å². The Kier molecular flexibility index (Phi) is 5.99. The van der Waals surface area contributed by atoms with Crippen molar-refractivity contribution in [3.63, 3.8) is 0 Å². The van der Waals surface area contributed by atoms with Crippen molar-refractivity contribution in [1.29, 1.82) is 5.26 Å². The molecule has 0 bridgehead atoms. The number of anilines is 2. The number of rotatable bonds is 4. The molecule has 1 N–H and O–H groups in total. The first kappa shape index (κ1) is 20.6. The number of piperidine rings is 1. The normalized spacial score (nSPS) is 15.9. The van der Waals surface area contributed by atoms with Gasteiger partial charge in [-0.3, -0.25) is 4.79 Å². The first-order valence-electron chi connectivity index (χ1n) is 10.5. The lowest BCUT2D eigenvalue weighted by Crippen LogP contribution is -2.47. The fourth-order valence-electron chi connectivity index (χ4n) is 4.16. The van der Waals surface area contributed by atoms with Gasteiger partial charge in [0.15, 0.2) is 0 Å². The number of benzene rings is 3. The van der Waals surface area contributed by atoms with E-state index < -0.39 is 11.9 Å². The lowest BCUT2D eigenvalue weighted by atomic mass is 9.99. The molecule has 1 saturated heterocycles. The number of nitrogens with one attached hydrogen (secondary N) is 1. The second kappa shape index (κ2) is 9.01. The summed E-state index contributed by atoms with van der Waals surface area (Å²) in [6.45, 7) is 2.71. The van der Waals surface area contributed by atoms with Crippen molar-refractivity contribution in [2.24, 2.45) is 0 Å². The summed E-state index contributed by atoms with van der Waals surface area (Å²) >= 11 is 0. The predicted octanol–water partition coefficient (Wildman–Crippen LogP) is 5.67. The molecule has 1 heterocycles. The van der Waals surface area contributed by atoms with Gasteiger partial charge in [-0.05, 0) is 73.2 Å². The Hall–Kier alpha value is -3.65. The highest BCUT2D eigenvalue weighted by Crippen LogP contribution is 2.29. The maximum absolute atomic E-state index is 14.8. The molecule has 0 saturated carbocycles. The molecular formula is C26H24FN3O. The molecule has 4 nitrogen and oxygen atoms in total. The smallest absolute Gasteiger partial charge is 0.247 e. The summed E-state index contributed by atoms with van der Waals surface area (Å²) in [6.07, 6.45) is 2.59. The molecular weight excluding hydrogens is 389 g/mol. The molecule has 3 aromatic carbocycles. The maximum atomic E-state index is 14.8. The Bertz CT molecular complexity index is 1150. The van der Waals surface area contributed by atoms with Crippen LogP contribution in [-0.4, -0.2) is 18.5 Å². The van der Waals surface area contributed by atoms with Gasteiger partial charge in [-0.25, -0.2) is 4.39 Å². The number of carbonyl (C=O) groups is 1. The molecule has 0 aromatic heterocycles. The van der Waals surface area contributed by atoms with Crippen LogP contribution >= 0.6 is 0 Å². The van der Waals surface area contributed by atoms with Crippen molar-refractivity contribution in [2.45, 2.75) is 32.2 Å². The third-order valence-electron chi connectivity index (χ3n) is 5.80. The van der Waals surface area contributed by atoms with Gasteiger partial charge < -0.3 is 10.2 Å². The van der Waals surface area contributed by atoms with Gasteiger partial charge in [-0.1, -0.05) is 36.4 Å². The van der Waals surface area contributed by atoms with Crippen LogP contribution in [0.4, 0.5) is 15.8 Å². The van der Waals surface area contributed by atoms with Crippen LogP contribution in [0, 0.1) is 24.1 Å². The number of nitrogens with zero attached hydrogens (tertiary/aromatic N) is 2. The van der Waals surface area contributed by atoms with E-state index >= 15 is 0 Å². The summed E-state index contributed by atoms with van der Waals surface area (Å²) in [4.78, 5) is 15.1.